The number of fused-ring (bicyclic) bond motifs is 1. The lowest BCUT2D eigenvalue weighted by molar-refractivity contribution is -0.144. The van der Waals surface area contributed by atoms with Crippen molar-refractivity contribution >= 4 is 41.0 Å². The van der Waals surface area contributed by atoms with E-state index < -0.39 is 36.2 Å². The van der Waals surface area contributed by atoms with E-state index in [1.165, 1.54) is 19.7 Å². The Bertz CT molecular complexity index is 1320. The van der Waals surface area contributed by atoms with Gasteiger partial charge in [0.25, 0.3) is 0 Å². The Kier molecular flexibility index (Phi) is 9.36. The summed E-state index contributed by atoms with van der Waals surface area (Å²) in [5.74, 6) is -1.65. The van der Waals surface area contributed by atoms with Gasteiger partial charge in [-0.05, 0) is 26.3 Å². The third-order valence-corrected chi connectivity index (χ3v) is 5.20. The Morgan fingerprint density at radius 2 is 1.77 bits per heavy atom. The number of likely N-dealkylation sites (N-methyl/N-ethyl adjacent to an activating group) is 1. The van der Waals surface area contributed by atoms with E-state index in [0.717, 1.165) is 15.4 Å². The summed E-state index contributed by atoms with van der Waals surface area (Å²) in [6, 6.07) is 9.18. The van der Waals surface area contributed by atoms with Gasteiger partial charge in [-0.15, -0.1) is 0 Å². The molecule has 0 aliphatic rings. The third kappa shape index (κ3) is 8.66. The molecule has 3 rings (SSSR count). The number of amides is 3. The van der Waals surface area contributed by atoms with Crippen molar-refractivity contribution in [2.75, 3.05) is 32.0 Å². The van der Waals surface area contributed by atoms with Crippen LogP contribution >= 0.6 is 0 Å². The van der Waals surface area contributed by atoms with Crippen molar-refractivity contribution in [2.24, 2.45) is 0 Å². The van der Waals surface area contributed by atoms with Crippen LogP contribution < -0.4 is 5.32 Å². The van der Waals surface area contributed by atoms with Gasteiger partial charge < -0.3 is 28.9 Å². The van der Waals surface area contributed by atoms with E-state index in [1.54, 1.807) is 25.3 Å². The van der Waals surface area contributed by atoms with Gasteiger partial charge in [0.15, 0.2) is 17.0 Å². The molecule has 39 heavy (non-hydrogen) atoms. The van der Waals surface area contributed by atoms with Gasteiger partial charge in [-0.2, -0.15) is 0 Å². The molecular weight excluding hydrogens is 510 g/mol. The van der Waals surface area contributed by atoms with Crippen LogP contribution in [0.5, 0.6) is 0 Å². The summed E-state index contributed by atoms with van der Waals surface area (Å²) in [7, 11) is 1.39. The lowest BCUT2D eigenvalue weighted by atomic mass is 10.2. The number of hydrogen-bond acceptors (Lipinski definition) is 9. The number of aliphatic carboxylic acids is 1. The van der Waals surface area contributed by atoms with Crippen molar-refractivity contribution < 1.29 is 33.8 Å². The fourth-order valence-corrected chi connectivity index (χ4v) is 3.38. The average Bonchev–Trinajstić information content (AvgIpc) is 3.28. The van der Waals surface area contributed by atoms with E-state index in [4.69, 9.17) is 9.47 Å². The van der Waals surface area contributed by atoms with Gasteiger partial charge in [-0.1, -0.05) is 30.3 Å². The maximum atomic E-state index is 12.8. The van der Waals surface area contributed by atoms with Crippen LogP contribution in [-0.2, 0) is 32.2 Å². The molecule has 3 aromatic rings. The van der Waals surface area contributed by atoms with Crippen molar-refractivity contribution in [3.8, 4) is 0 Å². The summed E-state index contributed by atoms with van der Waals surface area (Å²) in [6.07, 6.45) is 1.26. The summed E-state index contributed by atoms with van der Waals surface area (Å²) >= 11 is 0. The molecule has 2 N–H and O–H groups in total. The summed E-state index contributed by atoms with van der Waals surface area (Å²) in [4.78, 5) is 63.4. The van der Waals surface area contributed by atoms with Crippen LogP contribution in [0.2, 0.25) is 0 Å². The minimum atomic E-state index is -1.21. The number of benzene rings is 1. The molecule has 0 bridgehead atoms. The Morgan fingerprint density at radius 1 is 1.05 bits per heavy atom. The molecule has 0 unspecified atom stereocenters. The number of aromatic nitrogens is 4. The Labute approximate surface area is 224 Å². The zero-order valence-electron chi connectivity index (χ0n) is 22.2. The number of carbonyl (C=O) groups excluding carboxylic acids is 3. The molecule has 0 fully saturated rings. The van der Waals surface area contributed by atoms with Gasteiger partial charge in [-0.3, -0.25) is 14.9 Å². The molecule has 0 radical (unpaired) electrons. The Hall–Kier alpha value is -4.75. The second-order valence-electron chi connectivity index (χ2n) is 9.56. The molecular formula is C25H31N7O7. The minimum Gasteiger partial charge on any atom is -0.480 e. The fourth-order valence-electron chi connectivity index (χ4n) is 3.38. The first-order valence-electron chi connectivity index (χ1n) is 12.0. The number of rotatable bonds is 10. The number of hydrogen-bond donors (Lipinski definition) is 2. The summed E-state index contributed by atoms with van der Waals surface area (Å²) in [6.45, 7) is 4.37. The zero-order chi connectivity index (χ0) is 28.6. The van der Waals surface area contributed by atoms with Crippen molar-refractivity contribution in [3.05, 3.63) is 48.5 Å². The molecule has 0 atom stereocenters. The highest BCUT2D eigenvalue weighted by Gasteiger charge is 2.24. The molecule has 0 aliphatic heterocycles. The van der Waals surface area contributed by atoms with Crippen molar-refractivity contribution in [1.29, 1.82) is 0 Å². The largest absolute Gasteiger partial charge is 0.480 e. The Balaban J connectivity index is 1.64. The lowest BCUT2D eigenvalue weighted by Crippen LogP contribution is -2.45. The number of carboxylic acid groups (broad SMARTS) is 1. The molecule has 3 amide bonds. The molecule has 14 heteroatoms. The SMILES string of the molecule is CN(CC(=O)N(CCn1cnc2c(NC(=O)OCc3ccccc3)ncnc21)CC(=O)O)C(=O)OC(C)(C)C. The molecule has 208 valence electrons. The number of anilines is 1. The smallest absolute Gasteiger partial charge is 0.413 e. The summed E-state index contributed by atoms with van der Waals surface area (Å²) in [5.41, 5.74) is 0.723. The minimum absolute atomic E-state index is 0.00929. The zero-order valence-corrected chi connectivity index (χ0v) is 22.2. The van der Waals surface area contributed by atoms with E-state index >= 15 is 0 Å². The molecule has 1 aromatic carbocycles. The van der Waals surface area contributed by atoms with Crippen LogP contribution in [0.25, 0.3) is 11.2 Å². The molecule has 0 spiro atoms. The third-order valence-electron chi connectivity index (χ3n) is 5.20. The highest BCUT2D eigenvalue weighted by Crippen LogP contribution is 2.18. The highest BCUT2D eigenvalue weighted by atomic mass is 16.6. The molecule has 2 aromatic heterocycles. The first-order valence-corrected chi connectivity index (χ1v) is 12.0. The first kappa shape index (κ1) is 28.8. The second kappa shape index (κ2) is 12.7. The number of nitrogens with zero attached hydrogens (tertiary/aromatic N) is 6. The van der Waals surface area contributed by atoms with Crippen LogP contribution in [0.3, 0.4) is 0 Å². The van der Waals surface area contributed by atoms with Crippen LogP contribution in [0.15, 0.2) is 43.0 Å². The summed E-state index contributed by atoms with van der Waals surface area (Å²) in [5, 5.41) is 11.8. The monoisotopic (exact) mass is 541 g/mol. The normalized spacial score (nSPS) is 11.1. The van der Waals surface area contributed by atoms with Gasteiger partial charge in [0.05, 0.1) is 6.33 Å². The van der Waals surface area contributed by atoms with E-state index in [9.17, 15) is 24.3 Å². The van der Waals surface area contributed by atoms with Crippen molar-refractivity contribution in [1.82, 2.24) is 29.3 Å². The van der Waals surface area contributed by atoms with E-state index in [2.05, 4.69) is 20.3 Å². The predicted octanol–water partition coefficient (Wildman–Crippen LogP) is 2.36. The van der Waals surface area contributed by atoms with Gasteiger partial charge in [-0.25, -0.2) is 24.5 Å². The molecule has 0 saturated carbocycles. The summed E-state index contributed by atoms with van der Waals surface area (Å²) < 4.78 is 12.1. The van der Waals surface area contributed by atoms with E-state index in [1.807, 2.05) is 30.3 Å². The first-order chi connectivity index (χ1) is 18.4. The average molecular weight is 542 g/mol. The Morgan fingerprint density at radius 3 is 2.44 bits per heavy atom. The maximum absolute atomic E-state index is 12.8. The molecule has 14 nitrogen and oxygen atoms in total. The lowest BCUT2D eigenvalue weighted by Gasteiger charge is -2.27. The van der Waals surface area contributed by atoms with Crippen LogP contribution in [0.4, 0.5) is 15.4 Å². The maximum Gasteiger partial charge on any atom is 0.413 e. The van der Waals surface area contributed by atoms with Crippen molar-refractivity contribution in [2.45, 2.75) is 39.5 Å². The fraction of sp³-hybridized carbons (Fsp3) is 0.400. The topological polar surface area (TPSA) is 169 Å². The highest BCUT2D eigenvalue weighted by molar-refractivity contribution is 5.93. The van der Waals surface area contributed by atoms with Gasteiger partial charge in [0.1, 0.15) is 31.6 Å². The van der Waals surface area contributed by atoms with Gasteiger partial charge >= 0.3 is 18.2 Å². The molecule has 0 aliphatic carbocycles. The van der Waals surface area contributed by atoms with E-state index in [-0.39, 0.29) is 37.6 Å². The molecule has 0 saturated heterocycles. The van der Waals surface area contributed by atoms with Gasteiger partial charge in [0.2, 0.25) is 5.91 Å². The van der Waals surface area contributed by atoms with Crippen LogP contribution in [-0.4, -0.2) is 90.8 Å². The number of imidazole rings is 1. The number of carboxylic acids is 1. The second-order valence-corrected chi connectivity index (χ2v) is 9.56. The van der Waals surface area contributed by atoms with Crippen LogP contribution in [0, 0.1) is 0 Å². The molecule has 2 heterocycles. The van der Waals surface area contributed by atoms with Crippen molar-refractivity contribution in [3.63, 3.8) is 0 Å². The standard InChI is InChI=1S/C25H31N7O7/c1-25(2,3)39-24(37)30(4)12-18(33)31(13-19(34)35)10-11-32-16-28-20-21(26-15-27-22(20)32)29-23(36)38-14-17-8-6-5-7-9-17/h5-9,15-16H,10-14H2,1-4H3,(H,34,35)(H,26,27,29,36). The number of ether oxygens (including phenoxy) is 2. The quantitative estimate of drug-likeness (QED) is 0.388. The number of nitrogens with one attached hydrogen (secondary N) is 1. The predicted molar refractivity (Wildman–Crippen MR) is 139 cm³/mol. The van der Waals surface area contributed by atoms with E-state index in [0.29, 0.717) is 5.65 Å². The van der Waals surface area contributed by atoms with Gasteiger partial charge in [0, 0.05) is 20.1 Å². The number of carbonyl (C=O) groups is 4. The van der Waals surface area contributed by atoms with Crippen LogP contribution in [0.1, 0.15) is 26.3 Å².